The Labute approximate surface area is 117 Å². The zero-order chi connectivity index (χ0) is 14.1. The molecular formula is C13H20N6O. The Morgan fingerprint density at radius 2 is 2.30 bits per heavy atom. The number of aliphatic hydroxyl groups is 1. The van der Waals surface area contributed by atoms with E-state index in [1.165, 1.54) is 0 Å². The maximum atomic E-state index is 9.39. The summed E-state index contributed by atoms with van der Waals surface area (Å²) in [5.74, 6) is 1.57. The second-order valence-corrected chi connectivity index (χ2v) is 5.19. The van der Waals surface area contributed by atoms with Crippen molar-refractivity contribution in [3.8, 4) is 0 Å². The van der Waals surface area contributed by atoms with E-state index in [1.807, 2.05) is 14.1 Å². The van der Waals surface area contributed by atoms with E-state index in [4.69, 9.17) is 0 Å². The third kappa shape index (κ3) is 2.23. The van der Waals surface area contributed by atoms with E-state index >= 15 is 0 Å². The Balaban J connectivity index is 1.93. The van der Waals surface area contributed by atoms with Gasteiger partial charge in [0.25, 0.3) is 0 Å². The molecule has 1 aliphatic heterocycles. The minimum Gasteiger partial charge on any atom is -0.395 e. The van der Waals surface area contributed by atoms with Gasteiger partial charge in [-0.15, -0.1) is 0 Å². The molecule has 3 heterocycles. The number of rotatable bonds is 4. The predicted octanol–water partition coefficient (Wildman–Crippen LogP) is 0.362. The third-order valence-corrected chi connectivity index (χ3v) is 3.93. The van der Waals surface area contributed by atoms with Crippen LogP contribution >= 0.6 is 0 Å². The van der Waals surface area contributed by atoms with Gasteiger partial charge in [0.1, 0.15) is 11.6 Å². The zero-order valence-corrected chi connectivity index (χ0v) is 11.9. The molecule has 20 heavy (non-hydrogen) atoms. The van der Waals surface area contributed by atoms with Gasteiger partial charge in [0, 0.05) is 20.1 Å². The van der Waals surface area contributed by atoms with Crippen LogP contribution < -0.4 is 5.32 Å². The smallest absolute Gasteiger partial charge is 0.163 e. The van der Waals surface area contributed by atoms with Crippen LogP contribution in [-0.2, 0) is 13.6 Å². The van der Waals surface area contributed by atoms with Crippen molar-refractivity contribution in [2.75, 3.05) is 25.5 Å². The summed E-state index contributed by atoms with van der Waals surface area (Å²) in [6, 6.07) is 0.235. The Bertz CT molecular complexity index is 610. The van der Waals surface area contributed by atoms with Crippen molar-refractivity contribution in [1.29, 1.82) is 0 Å². The molecule has 108 valence electrons. The largest absolute Gasteiger partial charge is 0.395 e. The van der Waals surface area contributed by atoms with E-state index in [1.54, 1.807) is 10.9 Å². The summed E-state index contributed by atoms with van der Waals surface area (Å²) >= 11 is 0. The van der Waals surface area contributed by atoms with Gasteiger partial charge in [-0.3, -0.25) is 9.58 Å². The normalized spacial score (nSPS) is 19.9. The van der Waals surface area contributed by atoms with Crippen LogP contribution in [0.4, 0.5) is 5.82 Å². The zero-order valence-electron chi connectivity index (χ0n) is 11.9. The van der Waals surface area contributed by atoms with E-state index < -0.39 is 0 Å². The molecule has 0 aromatic carbocycles. The number of nitrogens with one attached hydrogen (secondary N) is 1. The number of nitrogens with zero attached hydrogens (tertiary/aromatic N) is 5. The van der Waals surface area contributed by atoms with E-state index in [0.29, 0.717) is 6.54 Å². The number of aromatic nitrogens is 4. The van der Waals surface area contributed by atoms with Gasteiger partial charge in [0.2, 0.25) is 0 Å². The quantitative estimate of drug-likeness (QED) is 0.839. The first kappa shape index (κ1) is 13.3. The first-order valence-electron chi connectivity index (χ1n) is 6.94. The van der Waals surface area contributed by atoms with Crippen LogP contribution in [-0.4, -0.2) is 56.0 Å². The molecule has 1 unspecified atom stereocenters. The summed E-state index contributed by atoms with van der Waals surface area (Å²) in [6.07, 6.45) is 3.94. The van der Waals surface area contributed by atoms with Crippen molar-refractivity contribution >= 4 is 16.9 Å². The highest BCUT2D eigenvalue weighted by Crippen LogP contribution is 2.22. The van der Waals surface area contributed by atoms with Gasteiger partial charge < -0.3 is 10.4 Å². The van der Waals surface area contributed by atoms with Crippen LogP contribution in [0.3, 0.4) is 0 Å². The van der Waals surface area contributed by atoms with Crippen molar-refractivity contribution in [1.82, 2.24) is 24.6 Å². The second-order valence-electron chi connectivity index (χ2n) is 5.19. The van der Waals surface area contributed by atoms with Crippen molar-refractivity contribution in [3.05, 3.63) is 12.0 Å². The first-order chi connectivity index (χ1) is 9.72. The van der Waals surface area contributed by atoms with Crippen LogP contribution in [0.1, 0.15) is 18.7 Å². The molecule has 3 rings (SSSR count). The number of fused-ring (bicyclic) bond motifs is 1. The third-order valence-electron chi connectivity index (χ3n) is 3.93. The molecule has 1 saturated heterocycles. The fraction of sp³-hybridized carbons (Fsp3) is 0.615. The van der Waals surface area contributed by atoms with E-state index in [2.05, 4.69) is 25.3 Å². The molecule has 7 heteroatoms. The van der Waals surface area contributed by atoms with E-state index in [0.717, 1.165) is 42.1 Å². The van der Waals surface area contributed by atoms with Gasteiger partial charge in [-0.2, -0.15) is 5.10 Å². The maximum absolute atomic E-state index is 9.39. The molecule has 2 aromatic rings. The number of hydrogen-bond acceptors (Lipinski definition) is 6. The molecule has 0 amide bonds. The molecule has 0 spiro atoms. The maximum Gasteiger partial charge on any atom is 0.163 e. The fourth-order valence-electron chi connectivity index (χ4n) is 2.82. The molecule has 2 aromatic heterocycles. The lowest BCUT2D eigenvalue weighted by atomic mass is 10.2. The molecule has 0 aliphatic carbocycles. The number of aliphatic hydroxyl groups excluding tert-OH is 1. The van der Waals surface area contributed by atoms with Crippen LogP contribution in [0, 0.1) is 0 Å². The molecule has 1 atom stereocenters. The number of hydrogen-bond donors (Lipinski definition) is 2. The first-order valence-corrected chi connectivity index (χ1v) is 6.94. The van der Waals surface area contributed by atoms with Crippen LogP contribution in [0.5, 0.6) is 0 Å². The minimum absolute atomic E-state index is 0.201. The summed E-state index contributed by atoms with van der Waals surface area (Å²) in [7, 11) is 3.73. The Hall–Kier alpha value is -1.73. The molecule has 2 N–H and O–H groups in total. The van der Waals surface area contributed by atoms with Crippen LogP contribution in [0.25, 0.3) is 11.0 Å². The summed E-state index contributed by atoms with van der Waals surface area (Å²) in [4.78, 5) is 11.4. The predicted molar refractivity (Wildman–Crippen MR) is 76.4 cm³/mol. The van der Waals surface area contributed by atoms with E-state index in [9.17, 15) is 5.11 Å². The second kappa shape index (κ2) is 5.34. The fourth-order valence-corrected chi connectivity index (χ4v) is 2.82. The van der Waals surface area contributed by atoms with Gasteiger partial charge in [0.15, 0.2) is 5.65 Å². The molecule has 0 saturated carbocycles. The minimum atomic E-state index is 0.201. The Kier molecular flexibility index (Phi) is 3.54. The van der Waals surface area contributed by atoms with E-state index in [-0.39, 0.29) is 12.6 Å². The molecule has 7 nitrogen and oxygen atoms in total. The highest BCUT2D eigenvalue weighted by atomic mass is 16.3. The van der Waals surface area contributed by atoms with Gasteiger partial charge in [-0.05, 0) is 19.4 Å². The summed E-state index contributed by atoms with van der Waals surface area (Å²) in [6.45, 7) is 1.86. The van der Waals surface area contributed by atoms with Crippen molar-refractivity contribution in [2.45, 2.75) is 25.4 Å². The SMILES string of the molecule is CNc1nc(CN2CCCC2CO)nc2c1cnn2C. The summed E-state index contributed by atoms with van der Waals surface area (Å²) in [5, 5.41) is 17.6. The van der Waals surface area contributed by atoms with Crippen LogP contribution in [0.2, 0.25) is 0 Å². The van der Waals surface area contributed by atoms with Crippen molar-refractivity contribution in [3.63, 3.8) is 0 Å². The number of aryl methyl sites for hydroxylation is 1. The van der Waals surface area contributed by atoms with Crippen molar-refractivity contribution in [2.24, 2.45) is 7.05 Å². The average Bonchev–Trinajstić information content (AvgIpc) is 3.05. The monoisotopic (exact) mass is 276 g/mol. The van der Waals surface area contributed by atoms with Crippen molar-refractivity contribution < 1.29 is 5.11 Å². The molecular weight excluding hydrogens is 256 g/mol. The lowest BCUT2D eigenvalue weighted by Crippen LogP contribution is -2.32. The lowest BCUT2D eigenvalue weighted by Gasteiger charge is -2.21. The van der Waals surface area contributed by atoms with Gasteiger partial charge in [-0.1, -0.05) is 0 Å². The molecule has 0 radical (unpaired) electrons. The molecule has 1 fully saturated rings. The highest BCUT2D eigenvalue weighted by molar-refractivity contribution is 5.86. The number of anilines is 1. The highest BCUT2D eigenvalue weighted by Gasteiger charge is 2.25. The Morgan fingerprint density at radius 3 is 3.05 bits per heavy atom. The van der Waals surface area contributed by atoms with Gasteiger partial charge in [-0.25, -0.2) is 9.97 Å². The van der Waals surface area contributed by atoms with Crippen LogP contribution in [0.15, 0.2) is 6.20 Å². The standard InChI is InChI=1S/C13H20N6O/c1-14-12-10-6-15-18(2)13(10)17-11(16-12)7-19-5-3-4-9(19)8-20/h6,9,20H,3-5,7-8H2,1-2H3,(H,14,16,17). The van der Waals surface area contributed by atoms with Gasteiger partial charge >= 0.3 is 0 Å². The lowest BCUT2D eigenvalue weighted by molar-refractivity contribution is 0.151. The Morgan fingerprint density at radius 1 is 1.45 bits per heavy atom. The molecule has 1 aliphatic rings. The molecule has 0 bridgehead atoms. The summed E-state index contributed by atoms with van der Waals surface area (Å²) < 4.78 is 1.76. The average molecular weight is 276 g/mol. The summed E-state index contributed by atoms with van der Waals surface area (Å²) in [5.41, 5.74) is 0.832. The topological polar surface area (TPSA) is 79.1 Å². The number of likely N-dealkylation sites (tertiary alicyclic amines) is 1. The van der Waals surface area contributed by atoms with Gasteiger partial charge in [0.05, 0.1) is 24.7 Å².